The van der Waals surface area contributed by atoms with Gasteiger partial charge in [-0.05, 0) is 24.6 Å². The summed E-state index contributed by atoms with van der Waals surface area (Å²) < 4.78 is 0. The highest BCUT2D eigenvalue weighted by molar-refractivity contribution is 7.99. The number of rotatable bonds is 5. The first-order valence-electron chi connectivity index (χ1n) is 8.09. The van der Waals surface area contributed by atoms with Crippen molar-refractivity contribution >= 4 is 11.8 Å². The van der Waals surface area contributed by atoms with Crippen molar-refractivity contribution in [2.45, 2.75) is 30.0 Å². The lowest BCUT2D eigenvalue weighted by molar-refractivity contribution is 0.0640. The van der Waals surface area contributed by atoms with Gasteiger partial charge < -0.3 is 5.11 Å². The predicted octanol–water partition coefficient (Wildman–Crippen LogP) is 4.14. The van der Waals surface area contributed by atoms with Crippen LogP contribution in [0.4, 0.5) is 0 Å². The molecule has 1 N–H and O–H groups in total. The Kier molecular flexibility index (Phi) is 5.55. The van der Waals surface area contributed by atoms with E-state index in [1.165, 1.54) is 10.5 Å². The average Bonchev–Trinajstić information content (AvgIpc) is 2.61. The molecule has 0 aliphatic carbocycles. The van der Waals surface area contributed by atoms with Crippen LogP contribution in [0.15, 0.2) is 77.7 Å². The summed E-state index contributed by atoms with van der Waals surface area (Å²) in [6.45, 7) is 3.11. The summed E-state index contributed by atoms with van der Waals surface area (Å²) in [5.74, 6) is 0.882. The minimum absolute atomic E-state index is 0.125. The monoisotopic (exact) mass is 325 g/mol. The number of benzene rings is 2. The Morgan fingerprint density at radius 2 is 1.74 bits per heavy atom. The van der Waals surface area contributed by atoms with Crippen molar-refractivity contribution in [2.24, 2.45) is 0 Å². The van der Waals surface area contributed by atoms with Gasteiger partial charge in [0.15, 0.2) is 0 Å². The number of aliphatic hydroxyl groups excluding tert-OH is 1. The van der Waals surface area contributed by atoms with Gasteiger partial charge in [0.25, 0.3) is 0 Å². The zero-order valence-corrected chi connectivity index (χ0v) is 14.2. The highest BCUT2D eigenvalue weighted by atomic mass is 32.2. The summed E-state index contributed by atoms with van der Waals surface area (Å²) in [5, 5.41) is 10.5. The maximum Gasteiger partial charge on any atom is 0.0885 e. The van der Waals surface area contributed by atoms with Gasteiger partial charge in [-0.3, -0.25) is 4.90 Å². The molecule has 0 aromatic heterocycles. The number of thioether (sulfide) groups is 1. The third kappa shape index (κ3) is 4.05. The smallest absolute Gasteiger partial charge is 0.0885 e. The molecule has 0 unspecified atom stereocenters. The molecule has 3 rings (SSSR count). The van der Waals surface area contributed by atoms with Crippen LogP contribution in [0.1, 0.15) is 18.5 Å². The fourth-order valence-corrected chi connectivity index (χ4v) is 4.14. The molecular formula is C20H23NOS. The van der Waals surface area contributed by atoms with E-state index in [0.29, 0.717) is 0 Å². The SMILES string of the molecule is C[C@H](c1ccccc1)N1CC=C[C@H](O)[C@H]1CSc1ccccc1. The van der Waals surface area contributed by atoms with E-state index in [9.17, 15) is 5.11 Å². The van der Waals surface area contributed by atoms with Crippen LogP contribution >= 0.6 is 11.8 Å². The van der Waals surface area contributed by atoms with Crippen molar-refractivity contribution in [3.63, 3.8) is 0 Å². The molecule has 2 aromatic rings. The second-order valence-electron chi connectivity index (χ2n) is 5.89. The van der Waals surface area contributed by atoms with E-state index >= 15 is 0 Å². The van der Waals surface area contributed by atoms with Gasteiger partial charge >= 0.3 is 0 Å². The fourth-order valence-electron chi connectivity index (χ4n) is 3.04. The van der Waals surface area contributed by atoms with Crippen LogP contribution < -0.4 is 0 Å². The second-order valence-corrected chi connectivity index (χ2v) is 6.99. The minimum Gasteiger partial charge on any atom is -0.387 e. The molecule has 1 aliphatic rings. The Balaban J connectivity index is 1.73. The quantitative estimate of drug-likeness (QED) is 0.660. The van der Waals surface area contributed by atoms with Crippen LogP contribution in [0.25, 0.3) is 0 Å². The topological polar surface area (TPSA) is 23.5 Å². The first kappa shape index (κ1) is 16.3. The number of nitrogens with zero attached hydrogens (tertiary/aromatic N) is 1. The molecule has 1 heterocycles. The fraction of sp³-hybridized carbons (Fsp3) is 0.300. The van der Waals surface area contributed by atoms with Gasteiger partial charge in [0.05, 0.1) is 6.10 Å². The van der Waals surface area contributed by atoms with E-state index in [-0.39, 0.29) is 12.1 Å². The molecule has 0 radical (unpaired) electrons. The zero-order chi connectivity index (χ0) is 16.1. The van der Waals surface area contributed by atoms with Crippen LogP contribution in [0, 0.1) is 0 Å². The molecule has 120 valence electrons. The molecular weight excluding hydrogens is 302 g/mol. The standard InChI is InChI=1S/C20H23NOS/c1-16(17-9-4-2-5-10-17)21-14-8-13-20(22)19(21)15-23-18-11-6-3-7-12-18/h2-13,16,19-20,22H,14-15H2,1H3/t16-,19-,20+/m1/s1. The molecule has 0 saturated carbocycles. The Hall–Kier alpha value is -1.55. The minimum atomic E-state index is -0.411. The van der Waals surface area contributed by atoms with Crippen LogP contribution in [-0.2, 0) is 0 Å². The third-order valence-corrected chi connectivity index (χ3v) is 5.53. The van der Waals surface area contributed by atoms with Crippen LogP contribution in [0.5, 0.6) is 0 Å². The van der Waals surface area contributed by atoms with Gasteiger partial charge in [0.1, 0.15) is 0 Å². The van der Waals surface area contributed by atoms with Gasteiger partial charge in [-0.2, -0.15) is 0 Å². The molecule has 2 nitrogen and oxygen atoms in total. The Morgan fingerprint density at radius 3 is 2.43 bits per heavy atom. The van der Waals surface area contributed by atoms with E-state index < -0.39 is 6.10 Å². The van der Waals surface area contributed by atoms with Crippen molar-refractivity contribution in [1.29, 1.82) is 0 Å². The molecule has 23 heavy (non-hydrogen) atoms. The normalized spacial score (nSPS) is 22.9. The first-order chi connectivity index (χ1) is 11.3. The highest BCUT2D eigenvalue weighted by Crippen LogP contribution is 2.29. The lowest BCUT2D eigenvalue weighted by Gasteiger charge is -2.40. The van der Waals surface area contributed by atoms with E-state index in [2.05, 4.69) is 66.4 Å². The lowest BCUT2D eigenvalue weighted by atomic mass is 10.00. The molecule has 0 fully saturated rings. The van der Waals surface area contributed by atoms with Crippen LogP contribution in [-0.4, -0.2) is 34.4 Å². The maximum absolute atomic E-state index is 10.5. The zero-order valence-electron chi connectivity index (χ0n) is 13.4. The van der Waals surface area contributed by atoms with Crippen molar-refractivity contribution in [2.75, 3.05) is 12.3 Å². The van der Waals surface area contributed by atoms with Crippen molar-refractivity contribution in [3.05, 3.63) is 78.4 Å². The molecule has 3 atom stereocenters. The van der Waals surface area contributed by atoms with Crippen LogP contribution in [0.3, 0.4) is 0 Å². The second kappa shape index (κ2) is 7.82. The van der Waals surface area contributed by atoms with Crippen molar-refractivity contribution in [3.8, 4) is 0 Å². The van der Waals surface area contributed by atoms with E-state index in [4.69, 9.17) is 0 Å². The Morgan fingerprint density at radius 1 is 1.09 bits per heavy atom. The Labute approximate surface area is 142 Å². The summed E-state index contributed by atoms with van der Waals surface area (Å²) in [7, 11) is 0. The largest absolute Gasteiger partial charge is 0.387 e. The lowest BCUT2D eigenvalue weighted by Crippen LogP contribution is -2.48. The van der Waals surface area contributed by atoms with Crippen molar-refractivity contribution < 1.29 is 5.11 Å². The molecule has 0 saturated heterocycles. The molecule has 0 spiro atoms. The number of hydrogen-bond donors (Lipinski definition) is 1. The van der Waals surface area contributed by atoms with Crippen molar-refractivity contribution in [1.82, 2.24) is 4.90 Å². The first-order valence-corrected chi connectivity index (χ1v) is 9.07. The Bertz CT molecular complexity index is 629. The van der Waals surface area contributed by atoms with E-state index in [1.54, 1.807) is 0 Å². The summed E-state index contributed by atoms with van der Waals surface area (Å²) in [6, 6.07) is 21.3. The average molecular weight is 325 g/mol. The molecule has 0 amide bonds. The summed E-state index contributed by atoms with van der Waals surface area (Å²) >= 11 is 1.81. The number of hydrogen-bond acceptors (Lipinski definition) is 3. The maximum atomic E-state index is 10.5. The summed E-state index contributed by atoms with van der Waals surface area (Å²) in [4.78, 5) is 3.65. The molecule has 0 bridgehead atoms. The molecule has 3 heteroatoms. The van der Waals surface area contributed by atoms with Gasteiger partial charge in [0.2, 0.25) is 0 Å². The van der Waals surface area contributed by atoms with Gasteiger partial charge in [0, 0.05) is 29.3 Å². The van der Waals surface area contributed by atoms with Crippen LogP contribution in [0.2, 0.25) is 0 Å². The van der Waals surface area contributed by atoms with E-state index in [0.717, 1.165) is 12.3 Å². The molecule has 2 aromatic carbocycles. The summed E-state index contributed by atoms with van der Waals surface area (Å²) in [6.07, 6.45) is 3.60. The third-order valence-electron chi connectivity index (χ3n) is 4.41. The predicted molar refractivity (Wildman–Crippen MR) is 97.7 cm³/mol. The molecule has 1 aliphatic heterocycles. The summed E-state index contributed by atoms with van der Waals surface area (Å²) in [5.41, 5.74) is 1.30. The highest BCUT2D eigenvalue weighted by Gasteiger charge is 2.30. The van der Waals surface area contributed by atoms with Gasteiger partial charge in [-0.15, -0.1) is 11.8 Å². The van der Waals surface area contributed by atoms with Gasteiger partial charge in [-0.25, -0.2) is 0 Å². The number of aliphatic hydroxyl groups is 1. The van der Waals surface area contributed by atoms with E-state index in [1.807, 2.05) is 30.0 Å². The van der Waals surface area contributed by atoms with Gasteiger partial charge in [-0.1, -0.05) is 60.7 Å².